The average molecular weight is 132 g/mol. The highest BCUT2D eigenvalue weighted by molar-refractivity contribution is 8.00. The maximum absolute atomic E-state index is 9.24. The summed E-state index contributed by atoms with van der Waals surface area (Å²) in [5.41, 5.74) is 0. The van der Waals surface area contributed by atoms with Gasteiger partial charge in [0.1, 0.15) is 0 Å². The molecule has 1 aliphatic rings. The summed E-state index contributed by atoms with van der Waals surface area (Å²) < 4.78 is 0.125. The molecule has 1 unspecified atom stereocenters. The van der Waals surface area contributed by atoms with Crippen molar-refractivity contribution in [2.45, 2.75) is 31.1 Å². The zero-order valence-electron chi connectivity index (χ0n) is 5.35. The quantitative estimate of drug-likeness (QED) is 0.535. The van der Waals surface area contributed by atoms with E-state index >= 15 is 0 Å². The van der Waals surface area contributed by atoms with Crippen LogP contribution in [0, 0.1) is 0 Å². The third-order valence-corrected chi connectivity index (χ3v) is 3.12. The summed E-state index contributed by atoms with van der Waals surface area (Å²) in [5.74, 6) is 1.12. The Labute approximate surface area is 54.5 Å². The Bertz CT molecular complexity index is 90.5. The zero-order chi connectivity index (χ0) is 6.20. The SMILES string of the molecule is CC1(C)SCCC1O. The van der Waals surface area contributed by atoms with Gasteiger partial charge in [0.05, 0.1) is 6.10 Å². The molecule has 2 heteroatoms. The van der Waals surface area contributed by atoms with Crippen molar-refractivity contribution in [3.05, 3.63) is 0 Å². The van der Waals surface area contributed by atoms with Crippen LogP contribution in [0.15, 0.2) is 0 Å². The van der Waals surface area contributed by atoms with Gasteiger partial charge in [-0.25, -0.2) is 0 Å². The molecule has 1 nitrogen and oxygen atoms in total. The first-order valence-electron chi connectivity index (χ1n) is 2.95. The molecule has 0 saturated carbocycles. The van der Waals surface area contributed by atoms with Crippen LogP contribution in [0.1, 0.15) is 20.3 Å². The molecule has 8 heavy (non-hydrogen) atoms. The molecule has 48 valence electrons. The second kappa shape index (κ2) is 1.92. The third kappa shape index (κ3) is 1.00. The number of hydrogen-bond donors (Lipinski definition) is 1. The Balaban J connectivity index is 2.54. The number of rotatable bonds is 0. The van der Waals surface area contributed by atoms with Crippen molar-refractivity contribution in [2.24, 2.45) is 0 Å². The minimum absolute atomic E-state index is 0.0764. The Morgan fingerprint density at radius 1 is 1.62 bits per heavy atom. The number of hydrogen-bond acceptors (Lipinski definition) is 2. The number of thioether (sulfide) groups is 1. The van der Waals surface area contributed by atoms with E-state index in [0.29, 0.717) is 0 Å². The van der Waals surface area contributed by atoms with Crippen LogP contribution in [0.2, 0.25) is 0 Å². The Morgan fingerprint density at radius 2 is 2.25 bits per heavy atom. The van der Waals surface area contributed by atoms with E-state index < -0.39 is 0 Å². The van der Waals surface area contributed by atoms with Gasteiger partial charge < -0.3 is 5.11 Å². The molecule has 0 bridgehead atoms. The highest BCUT2D eigenvalue weighted by Gasteiger charge is 2.33. The largest absolute Gasteiger partial charge is 0.392 e. The summed E-state index contributed by atoms with van der Waals surface area (Å²) in [7, 11) is 0. The van der Waals surface area contributed by atoms with Gasteiger partial charge in [-0.1, -0.05) is 0 Å². The molecular weight excluding hydrogens is 120 g/mol. The van der Waals surface area contributed by atoms with Crippen LogP contribution in [-0.2, 0) is 0 Å². The molecule has 1 saturated heterocycles. The zero-order valence-corrected chi connectivity index (χ0v) is 6.16. The van der Waals surface area contributed by atoms with Crippen molar-refractivity contribution in [3.8, 4) is 0 Å². The van der Waals surface area contributed by atoms with Crippen molar-refractivity contribution in [1.29, 1.82) is 0 Å². The number of aliphatic hydroxyl groups excluding tert-OH is 1. The fourth-order valence-electron chi connectivity index (χ4n) is 0.877. The maximum atomic E-state index is 9.24. The summed E-state index contributed by atoms with van der Waals surface area (Å²) >= 11 is 1.86. The first-order chi connectivity index (χ1) is 3.63. The predicted octanol–water partition coefficient (Wildman–Crippen LogP) is 1.26. The van der Waals surface area contributed by atoms with E-state index in [9.17, 15) is 5.11 Å². The van der Waals surface area contributed by atoms with Crippen LogP contribution in [0.3, 0.4) is 0 Å². The van der Waals surface area contributed by atoms with Gasteiger partial charge in [-0.3, -0.25) is 0 Å². The van der Waals surface area contributed by atoms with E-state index in [-0.39, 0.29) is 10.9 Å². The van der Waals surface area contributed by atoms with Crippen LogP contribution in [0.25, 0.3) is 0 Å². The van der Waals surface area contributed by atoms with Gasteiger partial charge in [-0.05, 0) is 26.0 Å². The Kier molecular flexibility index (Phi) is 1.54. The summed E-state index contributed by atoms with van der Waals surface area (Å²) in [6.45, 7) is 4.19. The Morgan fingerprint density at radius 3 is 2.38 bits per heavy atom. The number of aliphatic hydroxyl groups is 1. The lowest BCUT2D eigenvalue weighted by molar-refractivity contribution is 0.148. The molecule has 0 radical (unpaired) electrons. The minimum atomic E-state index is -0.0764. The van der Waals surface area contributed by atoms with Gasteiger partial charge in [0.25, 0.3) is 0 Å². The van der Waals surface area contributed by atoms with E-state index in [2.05, 4.69) is 13.8 Å². The van der Waals surface area contributed by atoms with Crippen LogP contribution >= 0.6 is 11.8 Å². The second-order valence-electron chi connectivity index (χ2n) is 2.76. The molecule has 0 aromatic carbocycles. The molecule has 0 aromatic heterocycles. The summed E-state index contributed by atoms with van der Waals surface area (Å²) in [5, 5.41) is 9.24. The van der Waals surface area contributed by atoms with Crippen LogP contribution in [-0.4, -0.2) is 21.7 Å². The van der Waals surface area contributed by atoms with Gasteiger partial charge in [0.15, 0.2) is 0 Å². The molecule has 0 spiro atoms. The molecule has 1 aliphatic heterocycles. The van der Waals surface area contributed by atoms with Crippen molar-refractivity contribution in [2.75, 3.05) is 5.75 Å². The molecule has 1 heterocycles. The lowest BCUT2D eigenvalue weighted by atomic mass is 10.1. The second-order valence-corrected chi connectivity index (χ2v) is 4.51. The van der Waals surface area contributed by atoms with Crippen molar-refractivity contribution in [1.82, 2.24) is 0 Å². The highest BCUT2D eigenvalue weighted by Crippen LogP contribution is 2.36. The molecule has 0 aliphatic carbocycles. The summed E-state index contributed by atoms with van der Waals surface area (Å²) in [6, 6.07) is 0. The lowest BCUT2D eigenvalue weighted by Crippen LogP contribution is -2.26. The molecular formula is C6H12OS. The summed E-state index contributed by atoms with van der Waals surface area (Å²) in [4.78, 5) is 0. The first-order valence-corrected chi connectivity index (χ1v) is 3.93. The molecule has 1 rings (SSSR count). The van der Waals surface area contributed by atoms with E-state index in [1.54, 1.807) is 0 Å². The van der Waals surface area contributed by atoms with Crippen molar-refractivity contribution >= 4 is 11.8 Å². The average Bonchev–Trinajstić information content (AvgIpc) is 1.86. The van der Waals surface area contributed by atoms with E-state index in [1.165, 1.54) is 0 Å². The molecule has 1 atom stereocenters. The van der Waals surface area contributed by atoms with Crippen LogP contribution in [0.5, 0.6) is 0 Å². The molecule has 1 N–H and O–H groups in total. The lowest BCUT2D eigenvalue weighted by Gasteiger charge is -2.20. The predicted molar refractivity (Wildman–Crippen MR) is 37.2 cm³/mol. The molecule has 0 aromatic rings. The molecule has 0 amide bonds. The van der Waals surface area contributed by atoms with Gasteiger partial charge >= 0.3 is 0 Å². The van der Waals surface area contributed by atoms with E-state index in [1.807, 2.05) is 11.8 Å². The molecule has 1 fully saturated rings. The topological polar surface area (TPSA) is 20.2 Å². The van der Waals surface area contributed by atoms with Crippen molar-refractivity contribution in [3.63, 3.8) is 0 Å². The first kappa shape index (κ1) is 6.43. The van der Waals surface area contributed by atoms with Gasteiger partial charge in [0.2, 0.25) is 0 Å². The van der Waals surface area contributed by atoms with Gasteiger partial charge in [-0.2, -0.15) is 11.8 Å². The van der Waals surface area contributed by atoms with Crippen LogP contribution in [0.4, 0.5) is 0 Å². The fourth-order valence-corrected chi connectivity index (χ4v) is 2.05. The Hall–Kier alpha value is 0.310. The third-order valence-electron chi connectivity index (χ3n) is 1.67. The smallest absolute Gasteiger partial charge is 0.0689 e. The monoisotopic (exact) mass is 132 g/mol. The van der Waals surface area contributed by atoms with Gasteiger partial charge in [0, 0.05) is 4.75 Å². The minimum Gasteiger partial charge on any atom is -0.392 e. The van der Waals surface area contributed by atoms with E-state index in [4.69, 9.17) is 0 Å². The fraction of sp³-hybridized carbons (Fsp3) is 1.00. The van der Waals surface area contributed by atoms with Gasteiger partial charge in [-0.15, -0.1) is 0 Å². The van der Waals surface area contributed by atoms with Crippen LogP contribution < -0.4 is 0 Å². The highest BCUT2D eigenvalue weighted by atomic mass is 32.2. The van der Waals surface area contributed by atoms with Crippen molar-refractivity contribution < 1.29 is 5.11 Å². The van der Waals surface area contributed by atoms with E-state index in [0.717, 1.165) is 12.2 Å². The summed E-state index contributed by atoms with van der Waals surface area (Å²) in [6.07, 6.45) is 0.894. The maximum Gasteiger partial charge on any atom is 0.0689 e. The standard InChI is InChI=1S/C6H12OS/c1-6(2)5(7)3-4-8-6/h5,7H,3-4H2,1-2H3. The normalized spacial score (nSPS) is 35.6.